The van der Waals surface area contributed by atoms with E-state index in [4.69, 9.17) is 14.2 Å². The van der Waals surface area contributed by atoms with E-state index < -0.39 is 12.1 Å². The Morgan fingerprint density at radius 3 is 2.62 bits per heavy atom. The maximum atomic E-state index is 15.2. The second-order valence-corrected chi connectivity index (χ2v) is 8.01. The molecule has 34 heavy (non-hydrogen) atoms. The summed E-state index contributed by atoms with van der Waals surface area (Å²) in [7, 11) is 3.22. The van der Waals surface area contributed by atoms with Crippen molar-refractivity contribution < 1.29 is 18.6 Å². The number of methoxy groups -OCH3 is 2. The fraction of sp³-hybridized carbons (Fsp3) is 0.154. The van der Waals surface area contributed by atoms with Gasteiger partial charge in [-0.15, -0.1) is 0 Å². The molecule has 6 rings (SSSR count). The van der Waals surface area contributed by atoms with Gasteiger partial charge in [-0.05, 0) is 36.4 Å². The third kappa shape index (κ3) is 3.02. The Balaban J connectivity index is 1.66. The Morgan fingerprint density at radius 1 is 0.971 bits per heavy atom. The van der Waals surface area contributed by atoms with Gasteiger partial charge in [0, 0.05) is 22.3 Å². The van der Waals surface area contributed by atoms with E-state index in [9.17, 15) is 0 Å². The summed E-state index contributed by atoms with van der Waals surface area (Å²) in [5.74, 6) is 2.18. The molecule has 0 aliphatic carbocycles. The Kier molecular flexibility index (Phi) is 4.72. The average Bonchev–Trinajstić information content (AvgIpc) is 3.35. The van der Waals surface area contributed by atoms with Crippen LogP contribution in [-0.2, 0) is 0 Å². The van der Waals surface area contributed by atoms with E-state index in [1.807, 2.05) is 48.5 Å². The van der Waals surface area contributed by atoms with Crippen LogP contribution in [0.3, 0.4) is 0 Å². The monoisotopic (exact) mass is 456 g/mol. The molecule has 1 aromatic heterocycles. The van der Waals surface area contributed by atoms with Gasteiger partial charge in [-0.25, -0.2) is 9.07 Å². The average molecular weight is 456 g/mol. The number of ether oxygens (including phenoxy) is 3. The number of anilines is 1. The number of halogens is 1. The highest BCUT2D eigenvalue weighted by atomic mass is 19.1. The van der Waals surface area contributed by atoms with Gasteiger partial charge in [0.05, 0.1) is 19.9 Å². The van der Waals surface area contributed by atoms with Gasteiger partial charge >= 0.3 is 0 Å². The lowest BCUT2D eigenvalue weighted by Crippen LogP contribution is -2.33. The second kappa shape index (κ2) is 7.91. The lowest BCUT2D eigenvalue weighted by atomic mass is 9.84. The Bertz CT molecular complexity index is 1430. The molecule has 2 atom stereocenters. The van der Waals surface area contributed by atoms with Crippen molar-refractivity contribution >= 4 is 11.6 Å². The van der Waals surface area contributed by atoms with Gasteiger partial charge in [-0.3, -0.25) is 0 Å². The van der Waals surface area contributed by atoms with Crippen molar-refractivity contribution in [2.24, 2.45) is 0 Å². The minimum atomic E-state index is -0.607. The SMILES string of the molecule is COc1ccc(OC)c([C@H]2Oc3ccccc3C3=C2[C@@H](c2ccccc2F)n2ncnc2N3)c1. The van der Waals surface area contributed by atoms with Crippen LogP contribution >= 0.6 is 0 Å². The molecular formula is C26H21FN4O3. The van der Waals surface area contributed by atoms with E-state index in [0.717, 1.165) is 22.4 Å². The standard InChI is InChI=1S/C26H21FN4O3/c1-32-15-11-12-20(33-2)18(13-15)25-22-23(17-8-4-6-10-21(17)34-25)30-26-28-14-29-31(26)24(22)16-7-3-5-9-19(16)27/h3-14,24-25H,1-2H3,(H,28,29,30)/t24-,25-/m1/s1. The number of hydrogen-bond donors (Lipinski definition) is 1. The van der Waals surface area contributed by atoms with Crippen molar-refractivity contribution in [3.8, 4) is 17.2 Å². The Hall–Kier alpha value is -4.33. The number of benzene rings is 3. The molecule has 3 heterocycles. The third-order valence-corrected chi connectivity index (χ3v) is 6.24. The van der Waals surface area contributed by atoms with Crippen LogP contribution < -0.4 is 19.5 Å². The minimum Gasteiger partial charge on any atom is -0.497 e. The molecule has 0 bridgehead atoms. The van der Waals surface area contributed by atoms with Gasteiger partial charge < -0.3 is 19.5 Å². The van der Waals surface area contributed by atoms with Gasteiger partial charge in [0.1, 0.15) is 35.4 Å². The van der Waals surface area contributed by atoms with Gasteiger partial charge in [0.2, 0.25) is 5.95 Å². The van der Waals surface area contributed by atoms with Crippen molar-refractivity contribution in [3.63, 3.8) is 0 Å². The topological polar surface area (TPSA) is 70.4 Å². The maximum absolute atomic E-state index is 15.2. The summed E-state index contributed by atoms with van der Waals surface area (Å²) in [6.07, 6.45) is 0.854. The predicted octanol–water partition coefficient (Wildman–Crippen LogP) is 4.99. The number of hydrogen-bond acceptors (Lipinski definition) is 6. The highest BCUT2D eigenvalue weighted by molar-refractivity contribution is 5.85. The van der Waals surface area contributed by atoms with Crippen LogP contribution in [0.2, 0.25) is 0 Å². The van der Waals surface area contributed by atoms with E-state index >= 15 is 4.39 Å². The molecule has 0 saturated heterocycles. The number of aromatic nitrogens is 3. The summed E-state index contributed by atoms with van der Waals surface area (Å²) in [5.41, 5.74) is 3.71. The summed E-state index contributed by atoms with van der Waals surface area (Å²) in [4.78, 5) is 4.38. The summed E-state index contributed by atoms with van der Waals surface area (Å²) in [6, 6.07) is 19.4. The molecule has 3 aromatic carbocycles. The lowest BCUT2D eigenvalue weighted by molar-refractivity contribution is 0.216. The molecule has 2 aliphatic rings. The molecule has 1 N–H and O–H groups in total. The zero-order valence-electron chi connectivity index (χ0n) is 18.5. The zero-order chi connectivity index (χ0) is 23.2. The normalized spacial score (nSPS) is 18.2. The maximum Gasteiger partial charge on any atom is 0.226 e. The van der Waals surface area contributed by atoms with Crippen LogP contribution in [0, 0.1) is 5.82 Å². The number of rotatable bonds is 4. The van der Waals surface area contributed by atoms with Crippen LogP contribution in [0.25, 0.3) is 5.70 Å². The van der Waals surface area contributed by atoms with Gasteiger partial charge in [0.15, 0.2) is 6.10 Å². The van der Waals surface area contributed by atoms with E-state index in [1.165, 1.54) is 12.4 Å². The first-order valence-electron chi connectivity index (χ1n) is 10.8. The van der Waals surface area contributed by atoms with E-state index in [0.29, 0.717) is 28.8 Å². The fourth-order valence-corrected chi connectivity index (χ4v) is 4.72. The number of nitrogens with zero attached hydrogens (tertiary/aromatic N) is 3. The molecule has 2 aliphatic heterocycles. The highest BCUT2D eigenvalue weighted by Crippen LogP contribution is 2.52. The van der Waals surface area contributed by atoms with Crippen LogP contribution in [0.5, 0.6) is 17.2 Å². The molecule has 0 saturated carbocycles. The third-order valence-electron chi connectivity index (χ3n) is 6.24. The predicted molar refractivity (Wildman–Crippen MR) is 124 cm³/mol. The lowest BCUT2D eigenvalue weighted by Gasteiger charge is -2.39. The molecule has 7 nitrogen and oxygen atoms in total. The molecule has 4 aromatic rings. The first kappa shape index (κ1) is 20.3. The largest absolute Gasteiger partial charge is 0.497 e. The number of fused-ring (bicyclic) bond motifs is 3. The summed E-state index contributed by atoms with van der Waals surface area (Å²) < 4.78 is 34.7. The minimum absolute atomic E-state index is 0.335. The van der Waals surface area contributed by atoms with Crippen molar-refractivity contribution in [1.82, 2.24) is 14.8 Å². The van der Waals surface area contributed by atoms with Crippen molar-refractivity contribution in [1.29, 1.82) is 0 Å². The Labute approximate surface area is 195 Å². The van der Waals surface area contributed by atoms with E-state index in [2.05, 4.69) is 15.4 Å². The molecule has 0 fully saturated rings. The molecule has 0 radical (unpaired) electrons. The molecule has 170 valence electrons. The summed E-state index contributed by atoms with van der Waals surface area (Å²) in [5, 5.41) is 7.85. The first-order chi connectivity index (χ1) is 16.7. The van der Waals surface area contributed by atoms with Crippen molar-refractivity contribution in [2.45, 2.75) is 12.1 Å². The van der Waals surface area contributed by atoms with E-state index in [1.54, 1.807) is 31.0 Å². The highest BCUT2D eigenvalue weighted by Gasteiger charge is 2.42. The molecule has 0 amide bonds. The molecule has 0 unspecified atom stereocenters. The molecule has 0 spiro atoms. The van der Waals surface area contributed by atoms with Gasteiger partial charge in [-0.1, -0.05) is 30.3 Å². The number of para-hydroxylation sites is 1. The molecular weight excluding hydrogens is 435 g/mol. The van der Waals surface area contributed by atoms with Crippen molar-refractivity contribution in [3.05, 3.63) is 101 Å². The molecule has 8 heteroatoms. The van der Waals surface area contributed by atoms with Gasteiger partial charge in [0.25, 0.3) is 0 Å². The summed E-state index contributed by atoms with van der Waals surface area (Å²) >= 11 is 0. The quantitative estimate of drug-likeness (QED) is 0.466. The van der Waals surface area contributed by atoms with Crippen LogP contribution in [-0.4, -0.2) is 29.0 Å². The van der Waals surface area contributed by atoms with Crippen LogP contribution in [0.15, 0.2) is 78.6 Å². The van der Waals surface area contributed by atoms with Gasteiger partial charge in [-0.2, -0.15) is 10.1 Å². The number of nitrogens with one attached hydrogen (secondary N) is 1. The first-order valence-corrected chi connectivity index (χ1v) is 10.8. The second-order valence-electron chi connectivity index (χ2n) is 8.01. The van der Waals surface area contributed by atoms with Crippen LogP contribution in [0.4, 0.5) is 10.3 Å². The Morgan fingerprint density at radius 2 is 1.79 bits per heavy atom. The van der Waals surface area contributed by atoms with Crippen molar-refractivity contribution in [2.75, 3.05) is 19.5 Å². The fourth-order valence-electron chi connectivity index (χ4n) is 4.72. The van der Waals surface area contributed by atoms with E-state index in [-0.39, 0.29) is 5.82 Å². The zero-order valence-corrected chi connectivity index (χ0v) is 18.5. The van der Waals surface area contributed by atoms with Crippen LogP contribution in [0.1, 0.15) is 28.8 Å². The smallest absolute Gasteiger partial charge is 0.226 e. The summed E-state index contributed by atoms with van der Waals surface area (Å²) in [6.45, 7) is 0.